The molecule has 2 nitrogen and oxygen atoms in total. The first-order valence-electron chi connectivity index (χ1n) is 6.41. The van der Waals surface area contributed by atoms with Gasteiger partial charge in [-0.25, -0.2) is 0 Å². The lowest BCUT2D eigenvalue weighted by molar-refractivity contribution is 0.0975. The second-order valence-electron chi connectivity index (χ2n) is 5.13. The van der Waals surface area contributed by atoms with Crippen molar-refractivity contribution in [3.63, 3.8) is 0 Å². The highest BCUT2D eigenvalue weighted by molar-refractivity contribution is 6.37. The fourth-order valence-corrected chi connectivity index (χ4v) is 2.95. The van der Waals surface area contributed by atoms with E-state index >= 15 is 0 Å². The van der Waals surface area contributed by atoms with Gasteiger partial charge >= 0.3 is 0 Å². The molecule has 0 aliphatic carbocycles. The van der Waals surface area contributed by atoms with Gasteiger partial charge in [0.2, 0.25) is 0 Å². The van der Waals surface area contributed by atoms with E-state index in [1.165, 1.54) is 0 Å². The molecule has 4 heteroatoms. The number of halogens is 2. The van der Waals surface area contributed by atoms with Crippen LogP contribution in [-0.4, -0.2) is 19.2 Å². The van der Waals surface area contributed by atoms with Crippen molar-refractivity contribution in [3.8, 4) is 5.75 Å². The zero-order chi connectivity index (χ0) is 13.1. The molecule has 1 aromatic carbocycles. The van der Waals surface area contributed by atoms with Crippen LogP contribution in [0.1, 0.15) is 20.3 Å². The number of para-hydroxylation sites is 1. The average Bonchev–Trinajstić information content (AvgIpc) is 2.81. The van der Waals surface area contributed by atoms with Gasteiger partial charge in [-0.15, -0.1) is 0 Å². The smallest absolute Gasteiger partial charge is 0.156 e. The van der Waals surface area contributed by atoms with Gasteiger partial charge in [-0.2, -0.15) is 0 Å². The van der Waals surface area contributed by atoms with Crippen LogP contribution in [0.15, 0.2) is 18.2 Å². The molecule has 1 aliphatic heterocycles. The molecule has 0 radical (unpaired) electrons. The Labute approximate surface area is 119 Å². The molecule has 0 bridgehead atoms. The van der Waals surface area contributed by atoms with Crippen molar-refractivity contribution in [2.75, 3.05) is 13.1 Å². The van der Waals surface area contributed by atoms with Crippen LogP contribution in [-0.2, 0) is 0 Å². The summed E-state index contributed by atoms with van der Waals surface area (Å²) in [5.74, 6) is 1.58. The van der Waals surface area contributed by atoms with Gasteiger partial charge in [-0.1, -0.05) is 43.1 Å². The summed E-state index contributed by atoms with van der Waals surface area (Å²) in [4.78, 5) is 0. The van der Waals surface area contributed by atoms with Crippen molar-refractivity contribution in [2.24, 2.45) is 11.8 Å². The Morgan fingerprint density at radius 1 is 1.28 bits per heavy atom. The van der Waals surface area contributed by atoms with E-state index in [0.717, 1.165) is 19.5 Å². The van der Waals surface area contributed by atoms with Crippen LogP contribution in [0.4, 0.5) is 0 Å². The number of ether oxygens (including phenoxy) is 1. The van der Waals surface area contributed by atoms with Gasteiger partial charge in [-0.3, -0.25) is 0 Å². The normalized spacial score (nSPS) is 21.3. The van der Waals surface area contributed by atoms with Crippen molar-refractivity contribution < 1.29 is 4.74 Å². The van der Waals surface area contributed by atoms with E-state index in [1.807, 2.05) is 18.2 Å². The van der Waals surface area contributed by atoms with Gasteiger partial charge in [0.1, 0.15) is 6.10 Å². The van der Waals surface area contributed by atoms with Crippen molar-refractivity contribution in [3.05, 3.63) is 28.2 Å². The zero-order valence-electron chi connectivity index (χ0n) is 10.7. The molecule has 2 rings (SSSR count). The molecule has 100 valence electrons. The van der Waals surface area contributed by atoms with Gasteiger partial charge in [0, 0.05) is 12.5 Å². The first kappa shape index (κ1) is 14.0. The second-order valence-corrected chi connectivity index (χ2v) is 5.94. The lowest BCUT2D eigenvalue weighted by Gasteiger charge is -2.28. The molecule has 2 atom stereocenters. The Morgan fingerprint density at radius 3 is 2.44 bits per heavy atom. The Balaban J connectivity index is 2.18. The first-order valence-corrected chi connectivity index (χ1v) is 7.16. The van der Waals surface area contributed by atoms with Crippen LogP contribution in [0.25, 0.3) is 0 Å². The van der Waals surface area contributed by atoms with Crippen LogP contribution in [0.3, 0.4) is 0 Å². The Hall–Kier alpha value is -0.440. The fraction of sp³-hybridized carbons (Fsp3) is 0.571. The molecule has 1 fully saturated rings. The van der Waals surface area contributed by atoms with Crippen molar-refractivity contribution in [2.45, 2.75) is 26.4 Å². The van der Waals surface area contributed by atoms with Crippen LogP contribution >= 0.6 is 23.2 Å². The number of benzene rings is 1. The van der Waals surface area contributed by atoms with Gasteiger partial charge in [0.05, 0.1) is 10.0 Å². The molecule has 0 spiro atoms. The molecule has 0 amide bonds. The summed E-state index contributed by atoms with van der Waals surface area (Å²) in [6.45, 7) is 6.42. The van der Waals surface area contributed by atoms with Crippen LogP contribution in [0, 0.1) is 11.8 Å². The molecular weight excluding hydrogens is 269 g/mol. The molecule has 0 saturated carbocycles. The summed E-state index contributed by atoms with van der Waals surface area (Å²) in [7, 11) is 0. The second kappa shape index (κ2) is 6.14. The van der Waals surface area contributed by atoms with Gasteiger partial charge < -0.3 is 10.1 Å². The molecule has 1 aliphatic rings. The summed E-state index contributed by atoms with van der Waals surface area (Å²) in [5, 5.41) is 4.54. The number of hydrogen-bond acceptors (Lipinski definition) is 2. The maximum atomic E-state index is 6.16. The van der Waals surface area contributed by atoms with E-state index in [4.69, 9.17) is 27.9 Å². The molecule has 18 heavy (non-hydrogen) atoms. The van der Waals surface area contributed by atoms with E-state index in [-0.39, 0.29) is 6.10 Å². The standard InChI is InChI=1S/C14H19Cl2NO/c1-9(2)13(10-6-7-17-8-10)18-14-11(15)4-3-5-12(14)16/h3-5,9-10,13,17H,6-8H2,1-2H3/t10-,13+/m0/s1. The Kier molecular flexibility index (Phi) is 4.77. The van der Waals surface area contributed by atoms with Crippen molar-refractivity contribution >= 4 is 23.2 Å². The molecule has 1 heterocycles. The van der Waals surface area contributed by atoms with E-state index < -0.39 is 0 Å². The number of hydrogen-bond donors (Lipinski definition) is 1. The third-order valence-electron chi connectivity index (χ3n) is 3.39. The minimum atomic E-state index is 0.150. The molecule has 0 aromatic heterocycles. The quantitative estimate of drug-likeness (QED) is 0.904. The third-order valence-corrected chi connectivity index (χ3v) is 3.99. The molecule has 1 aromatic rings. The predicted molar refractivity (Wildman–Crippen MR) is 76.7 cm³/mol. The predicted octanol–water partition coefficient (Wildman–Crippen LogP) is 4.01. The van der Waals surface area contributed by atoms with Gasteiger partial charge in [-0.05, 0) is 31.0 Å². The molecule has 1 N–H and O–H groups in total. The van der Waals surface area contributed by atoms with E-state index in [1.54, 1.807) is 0 Å². The first-order chi connectivity index (χ1) is 8.59. The highest BCUT2D eigenvalue weighted by Crippen LogP contribution is 2.35. The molecule has 1 saturated heterocycles. The van der Waals surface area contributed by atoms with E-state index in [9.17, 15) is 0 Å². The maximum absolute atomic E-state index is 6.16. The maximum Gasteiger partial charge on any atom is 0.156 e. The van der Waals surface area contributed by atoms with Crippen LogP contribution in [0.5, 0.6) is 5.75 Å². The highest BCUT2D eigenvalue weighted by atomic mass is 35.5. The monoisotopic (exact) mass is 287 g/mol. The fourth-order valence-electron chi connectivity index (χ4n) is 2.47. The third kappa shape index (κ3) is 3.11. The Bertz CT molecular complexity index is 383. The SMILES string of the molecule is CC(C)[C@@H](Oc1c(Cl)cccc1Cl)[C@H]1CCNC1. The molecular formula is C14H19Cl2NO. The van der Waals surface area contributed by atoms with Gasteiger partial charge in [0.15, 0.2) is 5.75 Å². The van der Waals surface area contributed by atoms with Gasteiger partial charge in [0.25, 0.3) is 0 Å². The minimum absolute atomic E-state index is 0.150. The summed E-state index contributed by atoms with van der Waals surface area (Å²) < 4.78 is 6.12. The lowest BCUT2D eigenvalue weighted by atomic mass is 9.92. The highest BCUT2D eigenvalue weighted by Gasteiger charge is 2.30. The average molecular weight is 288 g/mol. The summed E-state index contributed by atoms with van der Waals surface area (Å²) in [6, 6.07) is 5.46. The summed E-state index contributed by atoms with van der Waals surface area (Å²) in [5.41, 5.74) is 0. The van der Waals surface area contributed by atoms with E-state index in [0.29, 0.717) is 27.6 Å². The van der Waals surface area contributed by atoms with E-state index in [2.05, 4.69) is 19.2 Å². The van der Waals surface area contributed by atoms with Crippen molar-refractivity contribution in [1.82, 2.24) is 5.32 Å². The summed E-state index contributed by atoms with van der Waals surface area (Å²) in [6.07, 6.45) is 1.29. The molecule has 0 unspecified atom stereocenters. The summed E-state index contributed by atoms with van der Waals surface area (Å²) >= 11 is 12.3. The largest absolute Gasteiger partial charge is 0.487 e. The minimum Gasteiger partial charge on any atom is -0.487 e. The topological polar surface area (TPSA) is 21.3 Å². The number of nitrogens with one attached hydrogen (secondary N) is 1. The van der Waals surface area contributed by atoms with Crippen molar-refractivity contribution in [1.29, 1.82) is 0 Å². The zero-order valence-corrected chi connectivity index (χ0v) is 12.3. The lowest BCUT2D eigenvalue weighted by Crippen LogP contribution is -2.33. The van der Waals surface area contributed by atoms with Crippen LogP contribution in [0.2, 0.25) is 10.0 Å². The van der Waals surface area contributed by atoms with Crippen LogP contribution < -0.4 is 10.1 Å². The Morgan fingerprint density at radius 2 is 1.94 bits per heavy atom. The number of rotatable bonds is 4.